The summed E-state index contributed by atoms with van der Waals surface area (Å²) in [5, 5.41) is 11.3. The number of rotatable bonds is 3. The van der Waals surface area contributed by atoms with Crippen molar-refractivity contribution < 1.29 is 18.0 Å². The molecule has 12 heteroatoms. The maximum Gasteiger partial charge on any atom is 0.401 e. The number of nitrogens with one attached hydrogen (secondary N) is 1. The van der Waals surface area contributed by atoms with E-state index >= 15 is 0 Å². The van der Waals surface area contributed by atoms with Crippen molar-refractivity contribution in [3.05, 3.63) is 11.9 Å². The summed E-state index contributed by atoms with van der Waals surface area (Å²) in [4.78, 5) is 15.3. The molecule has 0 bridgehead atoms. The molecule has 0 saturated carbocycles. The van der Waals surface area contributed by atoms with E-state index in [-0.39, 0.29) is 68.6 Å². The molecule has 26 heavy (non-hydrogen) atoms. The van der Waals surface area contributed by atoms with Gasteiger partial charge in [-0.15, -0.1) is 29.9 Å². The van der Waals surface area contributed by atoms with Crippen molar-refractivity contribution in [2.75, 3.05) is 45.8 Å². The van der Waals surface area contributed by atoms with Gasteiger partial charge in [0.1, 0.15) is 0 Å². The number of piperidine rings is 1. The van der Waals surface area contributed by atoms with Crippen molar-refractivity contribution in [1.29, 1.82) is 0 Å². The lowest BCUT2D eigenvalue weighted by molar-refractivity contribution is -0.148. The predicted octanol–water partition coefficient (Wildman–Crippen LogP) is 1.37. The normalized spacial score (nSPS) is 19.6. The van der Waals surface area contributed by atoms with Crippen LogP contribution < -0.4 is 5.32 Å². The smallest absolute Gasteiger partial charge is 0.335 e. The number of carbonyl (C=O) groups excluding carboxylic acids is 1. The number of hydrogen-bond acceptors (Lipinski definition) is 5. The average molecular weight is 419 g/mol. The number of aromatic nitrogens is 3. The molecule has 0 unspecified atom stereocenters. The zero-order valence-electron chi connectivity index (χ0n) is 14.1. The summed E-state index contributed by atoms with van der Waals surface area (Å²) in [6.07, 6.45) is -0.676. The van der Waals surface area contributed by atoms with Crippen LogP contribution in [0.3, 0.4) is 0 Å². The molecule has 2 saturated heterocycles. The van der Waals surface area contributed by atoms with Gasteiger partial charge in [-0.2, -0.15) is 13.2 Å². The van der Waals surface area contributed by atoms with Crippen LogP contribution in [0.4, 0.5) is 13.2 Å². The monoisotopic (exact) mass is 418 g/mol. The molecule has 7 nitrogen and oxygen atoms in total. The molecule has 0 radical (unpaired) electrons. The molecule has 2 fully saturated rings. The maximum atomic E-state index is 12.4. The number of piperazine rings is 1. The molecule has 1 N–H and O–H groups in total. The van der Waals surface area contributed by atoms with Crippen LogP contribution in [-0.4, -0.2) is 82.7 Å². The Morgan fingerprint density at radius 3 is 2.35 bits per heavy atom. The van der Waals surface area contributed by atoms with Gasteiger partial charge in [-0.25, -0.2) is 4.68 Å². The van der Waals surface area contributed by atoms with Gasteiger partial charge in [0.15, 0.2) is 5.69 Å². The second-order valence-corrected chi connectivity index (χ2v) is 6.25. The molecule has 0 spiro atoms. The molecule has 3 rings (SSSR count). The van der Waals surface area contributed by atoms with Gasteiger partial charge in [-0.05, 0) is 25.9 Å². The van der Waals surface area contributed by atoms with Gasteiger partial charge >= 0.3 is 6.18 Å². The van der Waals surface area contributed by atoms with Gasteiger partial charge in [-0.3, -0.25) is 9.69 Å². The fraction of sp³-hybridized carbons (Fsp3) is 0.786. The topological polar surface area (TPSA) is 66.3 Å². The first-order valence-electron chi connectivity index (χ1n) is 8.13. The minimum atomic E-state index is -4.20. The number of hydrogen-bond donors (Lipinski definition) is 1. The number of halogens is 5. The average Bonchev–Trinajstić information content (AvgIpc) is 3.04. The van der Waals surface area contributed by atoms with E-state index in [9.17, 15) is 18.0 Å². The summed E-state index contributed by atoms with van der Waals surface area (Å²) in [6.45, 7) is 1.87. The molecular formula is C14H23Cl2F3N6O. The Kier molecular flexibility index (Phi) is 8.58. The third kappa shape index (κ3) is 5.97. The van der Waals surface area contributed by atoms with Crippen molar-refractivity contribution in [2.24, 2.45) is 0 Å². The molecule has 1 aromatic rings. The van der Waals surface area contributed by atoms with E-state index in [1.54, 1.807) is 15.8 Å². The zero-order valence-corrected chi connectivity index (χ0v) is 15.7. The lowest BCUT2D eigenvalue weighted by Crippen LogP contribution is -2.51. The molecule has 0 aliphatic carbocycles. The van der Waals surface area contributed by atoms with E-state index in [1.807, 2.05) is 0 Å². The van der Waals surface area contributed by atoms with E-state index in [0.717, 1.165) is 25.9 Å². The van der Waals surface area contributed by atoms with Gasteiger partial charge < -0.3 is 10.2 Å². The molecule has 150 valence electrons. The quantitative estimate of drug-likeness (QED) is 0.802. The third-order valence-corrected chi connectivity index (χ3v) is 4.47. The summed E-state index contributed by atoms with van der Waals surface area (Å²) in [5.74, 6) is -0.262. The fourth-order valence-electron chi connectivity index (χ4n) is 3.15. The number of alkyl halides is 3. The molecule has 1 amide bonds. The Morgan fingerprint density at radius 1 is 1.15 bits per heavy atom. The van der Waals surface area contributed by atoms with Crippen LogP contribution in [0.1, 0.15) is 29.4 Å². The van der Waals surface area contributed by atoms with Gasteiger partial charge in [0.2, 0.25) is 0 Å². The molecule has 0 aromatic carbocycles. The predicted molar refractivity (Wildman–Crippen MR) is 94.1 cm³/mol. The van der Waals surface area contributed by atoms with Crippen LogP contribution in [0.5, 0.6) is 0 Å². The lowest BCUT2D eigenvalue weighted by atomic mass is 10.1. The Hall–Kier alpha value is -1.10. The van der Waals surface area contributed by atoms with E-state index in [4.69, 9.17) is 0 Å². The maximum absolute atomic E-state index is 12.4. The zero-order chi connectivity index (χ0) is 17.2. The number of carbonyl (C=O) groups is 1. The van der Waals surface area contributed by atoms with Crippen LogP contribution in [0, 0.1) is 0 Å². The summed E-state index contributed by atoms with van der Waals surface area (Å²) in [6, 6.07) is 0.240. The van der Waals surface area contributed by atoms with Gasteiger partial charge in [0.05, 0.1) is 18.8 Å². The Bertz CT molecular complexity index is 571. The Balaban J connectivity index is 0.00000169. The van der Waals surface area contributed by atoms with E-state index < -0.39 is 12.7 Å². The Morgan fingerprint density at radius 2 is 1.77 bits per heavy atom. The van der Waals surface area contributed by atoms with Crippen LogP contribution in [-0.2, 0) is 0 Å². The van der Waals surface area contributed by atoms with Crippen molar-refractivity contribution in [2.45, 2.75) is 25.1 Å². The highest BCUT2D eigenvalue weighted by atomic mass is 35.5. The highest BCUT2D eigenvalue weighted by Gasteiger charge is 2.33. The largest absolute Gasteiger partial charge is 0.401 e. The fourth-order valence-corrected chi connectivity index (χ4v) is 3.15. The van der Waals surface area contributed by atoms with E-state index in [2.05, 4.69) is 15.6 Å². The molecule has 2 aliphatic heterocycles. The summed E-state index contributed by atoms with van der Waals surface area (Å²) in [5.41, 5.74) is 0.262. The van der Waals surface area contributed by atoms with Crippen LogP contribution >= 0.6 is 24.8 Å². The third-order valence-electron chi connectivity index (χ3n) is 4.47. The summed E-state index contributed by atoms with van der Waals surface area (Å²) in [7, 11) is 0. The molecular weight excluding hydrogens is 396 g/mol. The van der Waals surface area contributed by atoms with Crippen molar-refractivity contribution in [1.82, 2.24) is 30.1 Å². The SMILES string of the molecule is Cl.Cl.O=C(c1cn(C2CCNCC2)nn1)N1CCN(CC(F)(F)F)CC1. The standard InChI is InChI=1S/C14H21F3N6O.2ClH/c15-14(16,17)10-21-5-7-22(8-6-21)13(24)12-9-23(20-19-12)11-1-3-18-4-2-11;;/h9,11,18H,1-8,10H2;2*1H. The van der Waals surface area contributed by atoms with Crippen molar-refractivity contribution >= 4 is 30.7 Å². The minimum Gasteiger partial charge on any atom is -0.335 e. The first-order chi connectivity index (χ1) is 11.4. The van der Waals surface area contributed by atoms with Gasteiger partial charge in [0, 0.05) is 26.2 Å². The van der Waals surface area contributed by atoms with Crippen molar-refractivity contribution in [3.8, 4) is 0 Å². The second-order valence-electron chi connectivity index (χ2n) is 6.25. The number of nitrogens with zero attached hydrogens (tertiary/aromatic N) is 5. The van der Waals surface area contributed by atoms with Crippen LogP contribution in [0.2, 0.25) is 0 Å². The van der Waals surface area contributed by atoms with Gasteiger partial charge in [0.25, 0.3) is 5.91 Å². The van der Waals surface area contributed by atoms with Gasteiger partial charge in [-0.1, -0.05) is 5.21 Å². The van der Waals surface area contributed by atoms with Crippen LogP contribution in [0.15, 0.2) is 6.20 Å². The first kappa shape index (κ1) is 22.9. The summed E-state index contributed by atoms with van der Waals surface area (Å²) < 4.78 is 38.9. The van der Waals surface area contributed by atoms with E-state index in [1.165, 1.54) is 4.90 Å². The molecule has 2 aliphatic rings. The summed E-state index contributed by atoms with van der Waals surface area (Å²) >= 11 is 0. The second kappa shape index (κ2) is 9.72. The molecule has 3 heterocycles. The van der Waals surface area contributed by atoms with Crippen LogP contribution in [0.25, 0.3) is 0 Å². The number of amides is 1. The van der Waals surface area contributed by atoms with E-state index in [0.29, 0.717) is 0 Å². The van der Waals surface area contributed by atoms with Crippen molar-refractivity contribution in [3.63, 3.8) is 0 Å². The molecule has 0 atom stereocenters. The lowest BCUT2D eigenvalue weighted by Gasteiger charge is -2.34. The first-order valence-corrected chi connectivity index (χ1v) is 8.13. The minimum absolute atomic E-state index is 0. The highest BCUT2D eigenvalue weighted by molar-refractivity contribution is 5.92. The molecule has 1 aromatic heterocycles. The highest BCUT2D eigenvalue weighted by Crippen LogP contribution is 2.19. The Labute approximate surface area is 162 Å².